The van der Waals surface area contributed by atoms with Gasteiger partial charge in [0, 0.05) is 13.6 Å². The molecule has 0 aliphatic carbocycles. The summed E-state index contributed by atoms with van der Waals surface area (Å²) < 4.78 is 0. The zero-order valence-corrected chi connectivity index (χ0v) is 8.23. The number of hydrazine groups is 1. The van der Waals surface area contributed by atoms with E-state index >= 15 is 0 Å². The lowest BCUT2D eigenvalue weighted by Gasteiger charge is -2.16. The van der Waals surface area contributed by atoms with Crippen LogP contribution in [0.2, 0.25) is 0 Å². The molecule has 4 nitrogen and oxygen atoms in total. The molecule has 0 saturated carbocycles. The maximum atomic E-state index is 10.1. The summed E-state index contributed by atoms with van der Waals surface area (Å²) in [7, 11) is 1.80. The topological polar surface area (TPSA) is 58.4 Å². The summed E-state index contributed by atoms with van der Waals surface area (Å²) >= 11 is 0. The minimum absolute atomic E-state index is 0.633. The van der Waals surface area contributed by atoms with Gasteiger partial charge in [-0.2, -0.15) is 0 Å². The van der Waals surface area contributed by atoms with Crippen LogP contribution >= 0.6 is 0 Å². The van der Waals surface area contributed by atoms with Crippen molar-refractivity contribution in [3.63, 3.8) is 0 Å². The van der Waals surface area contributed by atoms with Crippen molar-refractivity contribution in [2.45, 2.75) is 6.42 Å². The molecule has 0 spiro atoms. The first-order valence-electron chi connectivity index (χ1n) is 4.49. The van der Waals surface area contributed by atoms with Gasteiger partial charge in [-0.3, -0.25) is 4.79 Å². The molecule has 0 aliphatic heterocycles. The Morgan fingerprint density at radius 1 is 1.50 bits per heavy atom. The summed E-state index contributed by atoms with van der Waals surface area (Å²) in [4.78, 5) is 10.1. The van der Waals surface area contributed by atoms with Gasteiger partial charge in [0.05, 0.1) is 5.69 Å². The van der Waals surface area contributed by atoms with Crippen LogP contribution in [0.4, 0.5) is 5.69 Å². The number of rotatable bonds is 5. The van der Waals surface area contributed by atoms with Crippen molar-refractivity contribution in [2.24, 2.45) is 5.84 Å². The van der Waals surface area contributed by atoms with Gasteiger partial charge in [-0.25, -0.2) is 5.84 Å². The van der Waals surface area contributed by atoms with Crippen LogP contribution in [-0.4, -0.2) is 20.0 Å². The molecule has 1 rings (SSSR count). The summed E-state index contributed by atoms with van der Waals surface area (Å²) in [5.41, 5.74) is 2.12. The van der Waals surface area contributed by atoms with Crippen LogP contribution < -0.4 is 16.2 Å². The fourth-order valence-corrected chi connectivity index (χ4v) is 1.33. The molecule has 4 heteroatoms. The maximum absolute atomic E-state index is 10.1. The number of hydrogen-bond acceptors (Lipinski definition) is 3. The number of benzene rings is 1. The molecular formula is C10H15N3O. The monoisotopic (exact) mass is 193 g/mol. The summed E-state index contributed by atoms with van der Waals surface area (Å²) in [5, 5.41) is 4.20. The van der Waals surface area contributed by atoms with E-state index in [0.29, 0.717) is 13.0 Å². The van der Waals surface area contributed by atoms with Crippen LogP contribution in [0.3, 0.4) is 0 Å². The highest BCUT2D eigenvalue weighted by atomic mass is 16.1. The molecule has 0 heterocycles. The highest BCUT2D eigenvalue weighted by molar-refractivity contribution is 5.52. The van der Waals surface area contributed by atoms with E-state index in [4.69, 9.17) is 5.84 Å². The first kappa shape index (κ1) is 10.5. The molecule has 0 aliphatic rings. The van der Waals surface area contributed by atoms with Crippen molar-refractivity contribution in [2.75, 3.05) is 18.6 Å². The Labute approximate surface area is 83.7 Å². The van der Waals surface area contributed by atoms with E-state index < -0.39 is 0 Å². The van der Waals surface area contributed by atoms with Gasteiger partial charge in [-0.05, 0) is 18.1 Å². The molecule has 3 N–H and O–H groups in total. The number of nitrogens with zero attached hydrogens (tertiary/aromatic N) is 1. The Morgan fingerprint density at radius 2 is 2.21 bits per heavy atom. The third kappa shape index (κ3) is 2.74. The van der Waals surface area contributed by atoms with Crippen molar-refractivity contribution >= 4 is 12.1 Å². The molecule has 0 fully saturated rings. The quantitative estimate of drug-likeness (QED) is 0.306. The van der Waals surface area contributed by atoms with Crippen LogP contribution in [0, 0.1) is 0 Å². The fourth-order valence-electron chi connectivity index (χ4n) is 1.33. The van der Waals surface area contributed by atoms with Crippen molar-refractivity contribution in [3.05, 3.63) is 29.8 Å². The van der Waals surface area contributed by atoms with Gasteiger partial charge < -0.3 is 10.3 Å². The summed E-state index contributed by atoms with van der Waals surface area (Å²) in [5.74, 6) is 5.66. The van der Waals surface area contributed by atoms with E-state index in [9.17, 15) is 4.79 Å². The number of carbonyl (C=O) groups excluding carboxylic acids is 1. The molecular weight excluding hydrogens is 178 g/mol. The number of nitrogens with two attached hydrogens (primary N) is 1. The molecule has 0 unspecified atom stereocenters. The van der Waals surface area contributed by atoms with Crippen LogP contribution in [-0.2, 0) is 11.2 Å². The van der Waals surface area contributed by atoms with Gasteiger partial charge in [0.25, 0.3) is 0 Å². The first-order chi connectivity index (χ1) is 6.75. The zero-order chi connectivity index (χ0) is 10.4. The van der Waals surface area contributed by atoms with E-state index in [1.165, 1.54) is 0 Å². The Kier molecular flexibility index (Phi) is 3.94. The number of carbonyl (C=O) groups is 1. The number of amides is 1. The predicted octanol–water partition coefficient (Wildman–Crippen LogP) is 0.285. The highest BCUT2D eigenvalue weighted by Gasteiger charge is 2.02. The normalized spacial score (nSPS) is 9.57. The number of hydrogen-bond donors (Lipinski definition) is 2. The van der Waals surface area contributed by atoms with Gasteiger partial charge in [0.15, 0.2) is 0 Å². The standard InChI is InChI=1S/C10H15N3O/c1-13(11)10-5-3-2-4-9(10)6-7-12-8-14/h2-5,8H,6-7,11H2,1H3,(H,12,14). The second-order valence-electron chi connectivity index (χ2n) is 3.06. The van der Waals surface area contributed by atoms with Gasteiger partial charge in [-0.15, -0.1) is 0 Å². The number of nitrogens with one attached hydrogen (secondary N) is 1. The molecule has 1 aromatic carbocycles. The lowest BCUT2D eigenvalue weighted by atomic mass is 10.1. The molecule has 0 radical (unpaired) electrons. The van der Waals surface area contributed by atoms with Gasteiger partial charge in [-0.1, -0.05) is 18.2 Å². The second kappa shape index (κ2) is 5.24. The fraction of sp³-hybridized carbons (Fsp3) is 0.300. The lowest BCUT2D eigenvalue weighted by Crippen LogP contribution is -2.26. The molecule has 0 saturated heterocycles. The zero-order valence-electron chi connectivity index (χ0n) is 8.23. The molecule has 1 aromatic rings. The molecule has 0 bridgehead atoms. The Morgan fingerprint density at radius 3 is 2.86 bits per heavy atom. The van der Waals surface area contributed by atoms with Crippen LogP contribution in [0.1, 0.15) is 5.56 Å². The Hall–Kier alpha value is -1.55. The molecule has 1 amide bonds. The van der Waals surface area contributed by atoms with Gasteiger partial charge in [0.2, 0.25) is 6.41 Å². The van der Waals surface area contributed by atoms with Crippen molar-refractivity contribution in [1.82, 2.24) is 5.32 Å². The van der Waals surface area contributed by atoms with Crippen molar-refractivity contribution < 1.29 is 4.79 Å². The average Bonchev–Trinajstić information content (AvgIpc) is 2.19. The van der Waals surface area contributed by atoms with E-state index in [0.717, 1.165) is 17.7 Å². The second-order valence-corrected chi connectivity index (χ2v) is 3.06. The average molecular weight is 193 g/mol. The van der Waals surface area contributed by atoms with Gasteiger partial charge >= 0.3 is 0 Å². The van der Waals surface area contributed by atoms with E-state index in [1.54, 1.807) is 12.1 Å². The van der Waals surface area contributed by atoms with Crippen LogP contribution in [0.25, 0.3) is 0 Å². The SMILES string of the molecule is CN(N)c1ccccc1CCNC=O. The van der Waals surface area contributed by atoms with Crippen molar-refractivity contribution in [1.29, 1.82) is 0 Å². The minimum atomic E-state index is 0.633. The van der Waals surface area contributed by atoms with Crippen LogP contribution in [0.15, 0.2) is 24.3 Å². The van der Waals surface area contributed by atoms with Crippen LogP contribution in [0.5, 0.6) is 0 Å². The largest absolute Gasteiger partial charge is 0.358 e. The van der Waals surface area contributed by atoms with E-state index in [-0.39, 0.29) is 0 Å². The Balaban J connectivity index is 2.69. The minimum Gasteiger partial charge on any atom is -0.358 e. The molecule has 76 valence electrons. The third-order valence-corrected chi connectivity index (χ3v) is 1.99. The third-order valence-electron chi connectivity index (χ3n) is 1.99. The summed E-state index contributed by atoms with van der Waals surface area (Å²) in [6.07, 6.45) is 1.49. The number of anilines is 1. The van der Waals surface area contributed by atoms with Crippen molar-refractivity contribution in [3.8, 4) is 0 Å². The molecule has 14 heavy (non-hydrogen) atoms. The predicted molar refractivity (Wildman–Crippen MR) is 56.8 cm³/mol. The number of para-hydroxylation sites is 1. The summed E-state index contributed by atoms with van der Waals surface area (Å²) in [6, 6.07) is 7.86. The summed E-state index contributed by atoms with van der Waals surface area (Å²) in [6.45, 7) is 0.633. The smallest absolute Gasteiger partial charge is 0.207 e. The maximum Gasteiger partial charge on any atom is 0.207 e. The Bertz CT molecular complexity index is 299. The van der Waals surface area contributed by atoms with E-state index in [2.05, 4.69) is 5.32 Å². The van der Waals surface area contributed by atoms with E-state index in [1.807, 2.05) is 24.3 Å². The lowest BCUT2D eigenvalue weighted by molar-refractivity contribution is -0.109. The molecule has 0 atom stereocenters. The highest BCUT2D eigenvalue weighted by Crippen LogP contribution is 2.16. The molecule has 0 aromatic heterocycles. The van der Waals surface area contributed by atoms with Gasteiger partial charge in [0.1, 0.15) is 0 Å². The first-order valence-corrected chi connectivity index (χ1v) is 4.49.